The second kappa shape index (κ2) is 4.37. The van der Waals surface area contributed by atoms with Gasteiger partial charge in [-0.25, -0.2) is 4.68 Å². The highest BCUT2D eigenvalue weighted by Gasteiger charge is 1.99. The largest absolute Gasteiger partial charge is 0.381 e. The summed E-state index contributed by atoms with van der Waals surface area (Å²) in [5.41, 5.74) is 3.22. The van der Waals surface area contributed by atoms with Crippen molar-refractivity contribution in [1.29, 1.82) is 0 Å². The van der Waals surface area contributed by atoms with Crippen molar-refractivity contribution >= 4 is 22.8 Å². The van der Waals surface area contributed by atoms with Gasteiger partial charge in [-0.1, -0.05) is 6.58 Å². The predicted molar refractivity (Wildman–Crippen MR) is 72.0 cm³/mol. The molecule has 0 saturated carbocycles. The zero-order chi connectivity index (χ0) is 12.4. The molecule has 3 aromatic rings. The Labute approximate surface area is 104 Å². The number of nitrogens with zero attached hydrogens (tertiary/aromatic N) is 3. The average molecular weight is 239 g/mol. The Morgan fingerprint density at radius 2 is 2.33 bits per heavy atom. The molecule has 0 spiro atoms. The van der Waals surface area contributed by atoms with Crippen molar-refractivity contribution in [2.45, 2.75) is 6.54 Å². The van der Waals surface area contributed by atoms with Gasteiger partial charge in [-0.15, -0.1) is 0 Å². The smallest absolute Gasteiger partial charge is 0.0651 e. The van der Waals surface area contributed by atoms with Crippen LogP contribution in [0.15, 0.2) is 43.4 Å². The van der Waals surface area contributed by atoms with E-state index in [-0.39, 0.29) is 0 Å². The number of benzene rings is 1. The third-order valence-electron chi connectivity index (χ3n) is 2.78. The summed E-state index contributed by atoms with van der Waals surface area (Å²) in [4.78, 5) is 0. The number of fused-ring (bicyclic) bond motifs is 1. The molecule has 2 heterocycles. The van der Waals surface area contributed by atoms with Crippen molar-refractivity contribution in [3.63, 3.8) is 0 Å². The molecule has 2 N–H and O–H groups in total. The Balaban J connectivity index is 1.73. The van der Waals surface area contributed by atoms with Crippen molar-refractivity contribution in [2.75, 3.05) is 5.32 Å². The molecule has 0 aliphatic carbocycles. The van der Waals surface area contributed by atoms with Crippen LogP contribution < -0.4 is 5.32 Å². The van der Waals surface area contributed by atoms with E-state index in [2.05, 4.69) is 33.3 Å². The fourth-order valence-electron chi connectivity index (χ4n) is 1.83. The van der Waals surface area contributed by atoms with Crippen molar-refractivity contribution < 1.29 is 0 Å². The first-order chi connectivity index (χ1) is 8.85. The monoisotopic (exact) mass is 239 g/mol. The number of hydrogen-bond donors (Lipinski definition) is 2. The molecular formula is C13H13N5. The molecule has 0 saturated heterocycles. The Hall–Kier alpha value is -2.56. The summed E-state index contributed by atoms with van der Waals surface area (Å²) >= 11 is 0. The average Bonchev–Trinajstić information content (AvgIpc) is 3.04. The van der Waals surface area contributed by atoms with E-state index in [1.54, 1.807) is 10.9 Å². The Morgan fingerprint density at radius 3 is 3.17 bits per heavy atom. The van der Waals surface area contributed by atoms with Crippen LogP contribution in [0.3, 0.4) is 0 Å². The minimum atomic E-state index is 0.733. The summed E-state index contributed by atoms with van der Waals surface area (Å²) in [6.07, 6.45) is 7.25. The Morgan fingerprint density at radius 1 is 1.39 bits per heavy atom. The van der Waals surface area contributed by atoms with Crippen molar-refractivity contribution in [3.8, 4) is 0 Å². The minimum Gasteiger partial charge on any atom is -0.381 e. The van der Waals surface area contributed by atoms with Crippen LogP contribution in [0.25, 0.3) is 17.1 Å². The molecule has 90 valence electrons. The topological polar surface area (TPSA) is 58.5 Å². The van der Waals surface area contributed by atoms with Crippen LogP contribution in [0.1, 0.15) is 5.56 Å². The second-order valence-corrected chi connectivity index (χ2v) is 4.04. The molecule has 0 radical (unpaired) electrons. The Kier molecular flexibility index (Phi) is 2.57. The third kappa shape index (κ3) is 1.98. The third-order valence-corrected chi connectivity index (χ3v) is 2.78. The van der Waals surface area contributed by atoms with Crippen LogP contribution in [-0.2, 0) is 6.54 Å². The predicted octanol–water partition coefficient (Wildman–Crippen LogP) is 2.47. The summed E-state index contributed by atoms with van der Waals surface area (Å²) in [7, 11) is 0. The molecule has 2 aromatic heterocycles. The van der Waals surface area contributed by atoms with Crippen molar-refractivity contribution in [1.82, 2.24) is 20.0 Å². The minimum absolute atomic E-state index is 0.733. The fraction of sp³-hybridized carbons (Fsp3) is 0.0769. The van der Waals surface area contributed by atoms with E-state index < -0.39 is 0 Å². The SMILES string of the molecule is C=Cn1cc(CNc2ccc3[nH]ncc3c2)cn1. The lowest BCUT2D eigenvalue weighted by molar-refractivity contribution is 0.936. The van der Waals surface area contributed by atoms with Crippen LogP contribution in [0.5, 0.6) is 0 Å². The van der Waals surface area contributed by atoms with Gasteiger partial charge in [-0.3, -0.25) is 5.10 Å². The van der Waals surface area contributed by atoms with Crippen molar-refractivity contribution in [2.24, 2.45) is 0 Å². The first-order valence-electron chi connectivity index (χ1n) is 5.68. The van der Waals surface area contributed by atoms with Gasteiger partial charge in [0.05, 0.1) is 17.9 Å². The summed E-state index contributed by atoms with van der Waals surface area (Å²) in [6, 6.07) is 6.10. The maximum atomic E-state index is 4.13. The van der Waals surface area contributed by atoms with Crippen LogP contribution >= 0.6 is 0 Å². The van der Waals surface area contributed by atoms with Gasteiger partial charge in [0.15, 0.2) is 0 Å². The highest BCUT2D eigenvalue weighted by atomic mass is 15.2. The maximum Gasteiger partial charge on any atom is 0.0651 e. The van der Waals surface area contributed by atoms with Gasteiger partial charge < -0.3 is 5.32 Å². The van der Waals surface area contributed by atoms with E-state index in [4.69, 9.17) is 0 Å². The lowest BCUT2D eigenvalue weighted by Crippen LogP contribution is -1.97. The fourth-order valence-corrected chi connectivity index (χ4v) is 1.83. The molecule has 0 aliphatic rings. The number of aromatic amines is 1. The van der Waals surface area contributed by atoms with E-state index in [1.807, 2.05) is 30.7 Å². The molecule has 5 heteroatoms. The molecule has 0 fully saturated rings. The van der Waals surface area contributed by atoms with E-state index in [0.717, 1.165) is 28.7 Å². The number of rotatable bonds is 4. The molecular weight excluding hydrogens is 226 g/mol. The molecule has 0 amide bonds. The van der Waals surface area contributed by atoms with Gasteiger partial charge in [-0.2, -0.15) is 10.2 Å². The maximum absolute atomic E-state index is 4.13. The van der Waals surface area contributed by atoms with Crippen LogP contribution in [0.2, 0.25) is 0 Å². The molecule has 18 heavy (non-hydrogen) atoms. The van der Waals surface area contributed by atoms with Gasteiger partial charge in [0.2, 0.25) is 0 Å². The standard InChI is InChI=1S/C13H13N5/c1-2-18-9-10(7-16-18)6-14-12-3-4-13-11(5-12)8-15-17-13/h2-5,7-9,14H,1,6H2,(H,15,17). The number of nitrogens with one attached hydrogen (secondary N) is 2. The number of H-pyrrole nitrogens is 1. The van der Waals surface area contributed by atoms with Gasteiger partial charge in [0.1, 0.15) is 0 Å². The van der Waals surface area contributed by atoms with Gasteiger partial charge in [0, 0.05) is 35.6 Å². The number of aromatic nitrogens is 4. The molecule has 1 aromatic carbocycles. The summed E-state index contributed by atoms with van der Waals surface area (Å²) in [6.45, 7) is 4.39. The zero-order valence-corrected chi connectivity index (χ0v) is 9.80. The lowest BCUT2D eigenvalue weighted by Gasteiger charge is -2.04. The highest BCUT2D eigenvalue weighted by Crippen LogP contribution is 2.17. The molecule has 0 aliphatic heterocycles. The molecule has 0 unspecified atom stereocenters. The highest BCUT2D eigenvalue weighted by molar-refractivity contribution is 5.81. The summed E-state index contributed by atoms with van der Waals surface area (Å²) in [5.74, 6) is 0. The molecule has 0 atom stereocenters. The van der Waals surface area contributed by atoms with Crippen LogP contribution in [0.4, 0.5) is 5.69 Å². The lowest BCUT2D eigenvalue weighted by atomic mass is 10.2. The summed E-state index contributed by atoms with van der Waals surface area (Å²) in [5, 5.41) is 15.5. The van der Waals surface area contributed by atoms with E-state index in [9.17, 15) is 0 Å². The van der Waals surface area contributed by atoms with Crippen LogP contribution in [-0.4, -0.2) is 20.0 Å². The first-order valence-corrected chi connectivity index (χ1v) is 5.68. The number of hydrogen-bond acceptors (Lipinski definition) is 3. The molecule has 5 nitrogen and oxygen atoms in total. The van der Waals surface area contributed by atoms with Crippen molar-refractivity contribution in [3.05, 3.63) is 48.9 Å². The summed E-state index contributed by atoms with van der Waals surface area (Å²) < 4.78 is 1.69. The molecule has 0 bridgehead atoms. The quantitative estimate of drug-likeness (QED) is 0.735. The van der Waals surface area contributed by atoms with Crippen LogP contribution in [0, 0.1) is 0 Å². The van der Waals surface area contributed by atoms with E-state index in [1.165, 1.54) is 0 Å². The van der Waals surface area contributed by atoms with E-state index >= 15 is 0 Å². The van der Waals surface area contributed by atoms with Gasteiger partial charge in [0.25, 0.3) is 0 Å². The first kappa shape index (κ1) is 10.6. The number of anilines is 1. The van der Waals surface area contributed by atoms with Gasteiger partial charge >= 0.3 is 0 Å². The van der Waals surface area contributed by atoms with Gasteiger partial charge in [-0.05, 0) is 18.2 Å². The second-order valence-electron chi connectivity index (χ2n) is 4.04. The zero-order valence-electron chi connectivity index (χ0n) is 9.80. The molecule has 3 rings (SSSR count). The Bertz CT molecular complexity index is 679. The normalized spacial score (nSPS) is 10.7. The van der Waals surface area contributed by atoms with E-state index in [0.29, 0.717) is 0 Å².